The minimum atomic E-state index is -4.50. The van der Waals surface area contributed by atoms with Crippen molar-refractivity contribution in [2.75, 3.05) is 0 Å². The van der Waals surface area contributed by atoms with Crippen LogP contribution in [0.4, 0.5) is 13.2 Å². The zero-order valence-electron chi connectivity index (χ0n) is 11.4. The fourth-order valence-corrected chi connectivity index (χ4v) is 2.62. The lowest BCUT2D eigenvalue weighted by atomic mass is 10.3. The minimum Gasteiger partial charge on any atom is -0.469 e. The van der Waals surface area contributed by atoms with Crippen LogP contribution in [0.5, 0.6) is 0 Å². The molecule has 0 amide bonds. The predicted molar refractivity (Wildman–Crippen MR) is 75.1 cm³/mol. The van der Waals surface area contributed by atoms with Gasteiger partial charge in [-0.2, -0.15) is 13.2 Å². The Balaban J connectivity index is 1.83. The maximum absolute atomic E-state index is 12.6. The van der Waals surface area contributed by atoms with Gasteiger partial charge in [0.05, 0.1) is 22.4 Å². The van der Waals surface area contributed by atoms with Gasteiger partial charge in [-0.25, -0.2) is 4.98 Å². The van der Waals surface area contributed by atoms with Gasteiger partial charge in [0.2, 0.25) is 0 Å². The topological polar surface area (TPSA) is 65.0 Å². The van der Waals surface area contributed by atoms with E-state index in [9.17, 15) is 13.2 Å². The molecule has 3 aromatic heterocycles. The van der Waals surface area contributed by atoms with E-state index in [4.69, 9.17) is 20.4 Å². The summed E-state index contributed by atoms with van der Waals surface area (Å²) >= 11 is 6.70. The zero-order valence-corrected chi connectivity index (χ0v) is 13.0. The van der Waals surface area contributed by atoms with E-state index in [0.29, 0.717) is 17.5 Å². The number of nitrogens with zero attached hydrogens (tertiary/aromatic N) is 3. The maximum Gasteiger partial charge on any atom is 0.417 e. The molecule has 0 aromatic carbocycles. The Hall–Kier alpha value is -2.00. The summed E-state index contributed by atoms with van der Waals surface area (Å²) in [6, 6.07) is 2.47. The van der Waals surface area contributed by atoms with Gasteiger partial charge in [-0.05, 0) is 30.8 Å². The van der Waals surface area contributed by atoms with Crippen molar-refractivity contribution in [1.29, 1.82) is 0 Å². The first-order valence-electron chi connectivity index (χ1n) is 6.13. The fraction of sp³-hybridized carbons (Fsp3) is 0.154. The molecule has 0 spiro atoms. The number of hydrogen-bond acceptors (Lipinski definition) is 6. The van der Waals surface area contributed by atoms with Gasteiger partial charge in [-0.1, -0.05) is 11.6 Å². The third kappa shape index (κ3) is 3.35. The molecule has 0 bridgehead atoms. The average Bonchev–Trinajstić information content (AvgIpc) is 3.08. The molecule has 0 unspecified atom stereocenters. The molecule has 0 aliphatic carbocycles. The maximum atomic E-state index is 12.6. The summed E-state index contributed by atoms with van der Waals surface area (Å²) in [7, 11) is 0. The third-order valence-corrected chi connectivity index (χ3v) is 4.07. The average molecular weight is 362 g/mol. The molecule has 0 saturated heterocycles. The first-order valence-corrected chi connectivity index (χ1v) is 7.32. The number of pyridine rings is 1. The van der Waals surface area contributed by atoms with Crippen LogP contribution >= 0.6 is 23.4 Å². The Morgan fingerprint density at radius 2 is 2.04 bits per heavy atom. The van der Waals surface area contributed by atoms with Crippen molar-refractivity contribution in [3.05, 3.63) is 40.9 Å². The molecule has 0 fully saturated rings. The Kier molecular flexibility index (Phi) is 4.07. The second kappa shape index (κ2) is 5.89. The summed E-state index contributed by atoms with van der Waals surface area (Å²) < 4.78 is 48.3. The van der Waals surface area contributed by atoms with Gasteiger partial charge in [0, 0.05) is 6.20 Å². The molecular weight excluding hydrogens is 355 g/mol. The van der Waals surface area contributed by atoms with E-state index in [1.807, 2.05) is 0 Å². The van der Waals surface area contributed by atoms with Crippen LogP contribution in [0.25, 0.3) is 11.5 Å². The van der Waals surface area contributed by atoms with Gasteiger partial charge in [0.1, 0.15) is 10.8 Å². The number of alkyl halides is 3. The van der Waals surface area contributed by atoms with E-state index < -0.39 is 11.7 Å². The smallest absolute Gasteiger partial charge is 0.417 e. The van der Waals surface area contributed by atoms with Crippen molar-refractivity contribution in [3.8, 4) is 11.5 Å². The summed E-state index contributed by atoms with van der Waals surface area (Å²) in [5.41, 5.74) is -0.289. The standard InChI is InChI=1S/C13H7ClF3N3O2S/c1-6-8(2-3-21-6)10-19-20-12(22-10)23-11-9(14)4-7(5-18-11)13(15,16)17/h2-5H,1H3. The molecule has 0 atom stereocenters. The van der Waals surface area contributed by atoms with Crippen LogP contribution in [0.1, 0.15) is 11.3 Å². The SMILES string of the molecule is Cc1occc1-c1nnc(Sc2ncc(C(F)(F)F)cc2Cl)o1. The van der Waals surface area contributed by atoms with E-state index in [0.717, 1.165) is 17.8 Å². The zero-order chi connectivity index (χ0) is 16.6. The van der Waals surface area contributed by atoms with Crippen molar-refractivity contribution in [2.24, 2.45) is 0 Å². The number of aromatic nitrogens is 3. The van der Waals surface area contributed by atoms with Crippen molar-refractivity contribution < 1.29 is 22.0 Å². The Bertz CT molecular complexity index is 847. The van der Waals surface area contributed by atoms with Crippen molar-refractivity contribution in [2.45, 2.75) is 23.3 Å². The monoisotopic (exact) mass is 361 g/mol. The summed E-state index contributed by atoms with van der Waals surface area (Å²) in [5.74, 6) is 0.845. The van der Waals surface area contributed by atoms with Crippen LogP contribution in [-0.4, -0.2) is 15.2 Å². The van der Waals surface area contributed by atoms with Gasteiger partial charge < -0.3 is 8.83 Å². The van der Waals surface area contributed by atoms with Gasteiger partial charge in [0.25, 0.3) is 11.1 Å². The van der Waals surface area contributed by atoms with Crippen LogP contribution in [-0.2, 0) is 6.18 Å². The third-order valence-electron chi connectivity index (χ3n) is 2.81. The quantitative estimate of drug-likeness (QED) is 0.664. The molecule has 0 aliphatic heterocycles. The summed E-state index contributed by atoms with van der Waals surface area (Å²) in [5, 5.41) is 7.75. The molecule has 0 saturated carbocycles. The van der Waals surface area contributed by atoms with Gasteiger partial charge in [-0.3, -0.25) is 0 Å². The number of halogens is 4. The molecular formula is C13H7ClF3N3O2S. The van der Waals surface area contributed by atoms with Gasteiger partial charge in [0.15, 0.2) is 0 Å². The highest BCUT2D eigenvalue weighted by Gasteiger charge is 2.31. The van der Waals surface area contributed by atoms with Crippen molar-refractivity contribution >= 4 is 23.4 Å². The molecule has 3 rings (SSSR count). The van der Waals surface area contributed by atoms with E-state index in [1.165, 1.54) is 6.26 Å². The van der Waals surface area contributed by atoms with Gasteiger partial charge >= 0.3 is 6.18 Å². The highest BCUT2D eigenvalue weighted by molar-refractivity contribution is 7.99. The molecule has 0 radical (unpaired) electrons. The van der Waals surface area contributed by atoms with Crippen LogP contribution in [0, 0.1) is 6.92 Å². The molecule has 120 valence electrons. The Morgan fingerprint density at radius 3 is 2.65 bits per heavy atom. The van der Waals surface area contributed by atoms with E-state index >= 15 is 0 Å². The second-order valence-corrected chi connectivity index (χ2v) is 5.72. The lowest BCUT2D eigenvalue weighted by Gasteiger charge is -2.07. The van der Waals surface area contributed by atoms with Crippen molar-refractivity contribution in [1.82, 2.24) is 15.2 Å². The van der Waals surface area contributed by atoms with Crippen LogP contribution < -0.4 is 0 Å². The summed E-state index contributed by atoms with van der Waals surface area (Å²) in [4.78, 5) is 3.69. The molecule has 3 aromatic rings. The highest BCUT2D eigenvalue weighted by Crippen LogP contribution is 2.36. The number of hydrogen-bond donors (Lipinski definition) is 0. The van der Waals surface area contributed by atoms with Crippen molar-refractivity contribution in [3.63, 3.8) is 0 Å². The number of aryl methyl sites for hydroxylation is 1. The molecule has 10 heteroatoms. The number of furan rings is 1. The molecule has 3 heterocycles. The van der Waals surface area contributed by atoms with Crippen LogP contribution in [0.2, 0.25) is 5.02 Å². The highest BCUT2D eigenvalue weighted by atomic mass is 35.5. The van der Waals surface area contributed by atoms with Crippen LogP contribution in [0.15, 0.2) is 43.7 Å². The van der Waals surface area contributed by atoms with E-state index in [1.54, 1.807) is 13.0 Å². The van der Waals surface area contributed by atoms with E-state index in [2.05, 4.69) is 15.2 Å². The van der Waals surface area contributed by atoms with Gasteiger partial charge in [-0.15, -0.1) is 10.2 Å². The fourth-order valence-electron chi connectivity index (χ4n) is 1.70. The normalized spacial score (nSPS) is 11.9. The Morgan fingerprint density at radius 1 is 1.26 bits per heavy atom. The largest absolute Gasteiger partial charge is 0.469 e. The summed E-state index contributed by atoms with van der Waals surface area (Å²) in [6.07, 6.45) is -2.32. The second-order valence-electron chi connectivity index (χ2n) is 4.37. The lowest BCUT2D eigenvalue weighted by Crippen LogP contribution is -2.05. The Labute approximate surface area is 136 Å². The predicted octanol–water partition coefficient (Wildman–Crippen LogP) is 4.86. The number of rotatable bonds is 3. The molecule has 0 N–H and O–H groups in total. The van der Waals surface area contributed by atoms with E-state index in [-0.39, 0.29) is 21.2 Å². The first-order chi connectivity index (χ1) is 10.8. The summed E-state index contributed by atoms with van der Waals surface area (Å²) in [6.45, 7) is 1.74. The molecule has 5 nitrogen and oxygen atoms in total. The first kappa shape index (κ1) is 15.9. The molecule has 23 heavy (non-hydrogen) atoms. The minimum absolute atomic E-state index is 0.106. The molecule has 0 aliphatic rings. The lowest BCUT2D eigenvalue weighted by molar-refractivity contribution is -0.137. The van der Waals surface area contributed by atoms with Crippen LogP contribution in [0.3, 0.4) is 0 Å².